The molecule has 35 heavy (non-hydrogen) atoms. The van der Waals surface area contributed by atoms with E-state index < -0.39 is 5.91 Å². The molecule has 3 heterocycles. The monoisotopic (exact) mass is 495 g/mol. The maximum atomic E-state index is 13.3. The van der Waals surface area contributed by atoms with Gasteiger partial charge in [-0.3, -0.25) is 14.4 Å². The number of hydrogen-bond donors (Lipinski definition) is 3. The molecule has 5 N–H and O–H groups in total. The fourth-order valence-electron chi connectivity index (χ4n) is 7.66. The quantitative estimate of drug-likeness (QED) is 0.587. The number of hydrogen-bond acceptors (Lipinski definition) is 4. The molecule has 0 spiro atoms. The van der Waals surface area contributed by atoms with Gasteiger partial charge in [0, 0.05) is 41.4 Å². The molecule has 0 saturated heterocycles. The van der Waals surface area contributed by atoms with E-state index in [0.717, 1.165) is 42.5 Å². The van der Waals surface area contributed by atoms with Crippen molar-refractivity contribution in [2.24, 2.45) is 52.4 Å². The standard InChI is InChI=1S/C26H30ClN5O3/c1-26(2)8-20-14(6-19(24(29)34)32(20)10-26)13-7-21(30-9-18(13)27)31-25(35)17-5-12-15-3-11(23(28)33)4-16(12)22(15)17/h6-7,9,11-12,15-17,22H,3-5,8,10H2,1-2H3,(H2,28,33)(H2,29,34)(H,30,31,35)/t11-,12-,15-,16+,17-,22?/m0/s1. The maximum Gasteiger partial charge on any atom is 0.265 e. The van der Waals surface area contributed by atoms with Gasteiger partial charge in [0.25, 0.3) is 5.91 Å². The Morgan fingerprint density at radius 1 is 1.09 bits per heavy atom. The maximum absolute atomic E-state index is 13.3. The number of nitrogens with one attached hydrogen (secondary N) is 1. The number of primary amides is 2. The molecule has 2 aromatic rings. The lowest BCUT2D eigenvalue weighted by atomic mass is 9.52. The van der Waals surface area contributed by atoms with Gasteiger partial charge in [0.05, 0.1) is 5.02 Å². The van der Waals surface area contributed by atoms with E-state index in [1.807, 2.05) is 4.57 Å². The number of nitrogens with two attached hydrogens (primary N) is 2. The van der Waals surface area contributed by atoms with Gasteiger partial charge in [0.15, 0.2) is 0 Å². The molecule has 0 aromatic carbocycles. The van der Waals surface area contributed by atoms with Crippen LogP contribution in [0.4, 0.5) is 5.82 Å². The number of rotatable bonds is 5. The summed E-state index contributed by atoms with van der Waals surface area (Å²) in [5, 5.41) is 3.47. The van der Waals surface area contributed by atoms with Crippen molar-refractivity contribution in [2.75, 3.05) is 5.32 Å². The van der Waals surface area contributed by atoms with E-state index >= 15 is 0 Å². The SMILES string of the molecule is CC1(C)Cc2c(-c3cc(NC(=O)[C@H]4C[C@H]5[C@@H]6C[C@H](C(N)=O)C[C@H]5C46)ncc3Cl)cc(C(N)=O)n2C1. The Kier molecular flexibility index (Phi) is 4.88. The fourth-order valence-corrected chi connectivity index (χ4v) is 7.86. The van der Waals surface area contributed by atoms with Crippen LogP contribution in [-0.4, -0.2) is 27.3 Å². The fraction of sp³-hybridized carbons (Fsp3) is 0.538. The minimum Gasteiger partial charge on any atom is -0.369 e. The lowest BCUT2D eigenvalue weighted by Crippen LogP contribution is -2.50. The number of fused-ring (bicyclic) bond motifs is 2. The Hall–Kier alpha value is -2.87. The summed E-state index contributed by atoms with van der Waals surface area (Å²) in [6.07, 6.45) is 4.82. The van der Waals surface area contributed by atoms with Gasteiger partial charge in [0.1, 0.15) is 11.5 Å². The molecule has 4 bridgehead atoms. The van der Waals surface area contributed by atoms with Gasteiger partial charge in [0.2, 0.25) is 11.8 Å². The van der Waals surface area contributed by atoms with Crippen molar-refractivity contribution < 1.29 is 14.4 Å². The molecule has 2 aromatic heterocycles. The molecule has 8 nitrogen and oxygen atoms in total. The summed E-state index contributed by atoms with van der Waals surface area (Å²) >= 11 is 6.55. The van der Waals surface area contributed by atoms with Crippen LogP contribution in [0.15, 0.2) is 18.3 Å². The normalized spacial score (nSPS) is 31.5. The van der Waals surface area contributed by atoms with Crippen LogP contribution in [0.1, 0.15) is 49.3 Å². The third-order valence-electron chi connectivity index (χ3n) is 9.02. The van der Waals surface area contributed by atoms with Crippen molar-refractivity contribution in [3.63, 3.8) is 0 Å². The van der Waals surface area contributed by atoms with Crippen molar-refractivity contribution in [3.8, 4) is 11.1 Å². The predicted molar refractivity (Wildman–Crippen MR) is 131 cm³/mol. The molecule has 5 aliphatic rings. The predicted octanol–water partition coefficient (Wildman–Crippen LogP) is 3.22. The first-order valence-corrected chi connectivity index (χ1v) is 12.7. The zero-order chi connectivity index (χ0) is 24.8. The van der Waals surface area contributed by atoms with E-state index in [9.17, 15) is 14.4 Å². The van der Waals surface area contributed by atoms with Crippen LogP contribution >= 0.6 is 11.6 Å². The van der Waals surface area contributed by atoms with Gasteiger partial charge >= 0.3 is 0 Å². The number of carbonyl (C=O) groups is 3. The highest BCUT2D eigenvalue weighted by atomic mass is 35.5. The molecule has 4 saturated carbocycles. The minimum atomic E-state index is -0.474. The molecular formula is C26H30ClN5O3. The molecule has 1 aliphatic heterocycles. The number of pyridine rings is 1. The molecule has 6 atom stereocenters. The average molecular weight is 496 g/mol. The van der Waals surface area contributed by atoms with E-state index in [0.29, 0.717) is 46.8 Å². The first-order valence-electron chi connectivity index (χ1n) is 12.3. The van der Waals surface area contributed by atoms with E-state index in [1.54, 1.807) is 18.3 Å². The number of amides is 3. The summed E-state index contributed by atoms with van der Waals surface area (Å²) < 4.78 is 1.98. The van der Waals surface area contributed by atoms with Crippen molar-refractivity contribution in [2.45, 2.75) is 46.1 Å². The molecular weight excluding hydrogens is 466 g/mol. The molecule has 184 valence electrons. The first-order chi connectivity index (χ1) is 16.5. The van der Waals surface area contributed by atoms with Gasteiger partial charge in [-0.1, -0.05) is 25.4 Å². The zero-order valence-electron chi connectivity index (χ0n) is 19.9. The zero-order valence-corrected chi connectivity index (χ0v) is 20.6. The van der Waals surface area contributed by atoms with Crippen LogP contribution in [-0.2, 0) is 22.6 Å². The summed E-state index contributed by atoms with van der Waals surface area (Å²) in [6, 6.07) is 3.58. The van der Waals surface area contributed by atoms with Crippen LogP contribution in [0.2, 0.25) is 5.02 Å². The van der Waals surface area contributed by atoms with Crippen LogP contribution in [0, 0.1) is 40.9 Å². The minimum absolute atomic E-state index is 0.000954. The lowest BCUT2D eigenvalue weighted by molar-refractivity contribution is -0.132. The Bertz CT molecular complexity index is 1270. The summed E-state index contributed by atoms with van der Waals surface area (Å²) in [5.74, 6) is 1.34. The molecule has 4 fully saturated rings. The highest BCUT2D eigenvalue weighted by Gasteiger charge is 2.65. The van der Waals surface area contributed by atoms with Crippen molar-refractivity contribution in [1.82, 2.24) is 9.55 Å². The number of carbonyl (C=O) groups excluding carboxylic acids is 3. The molecule has 7 rings (SSSR count). The van der Waals surface area contributed by atoms with Gasteiger partial charge in [-0.15, -0.1) is 0 Å². The van der Waals surface area contributed by atoms with E-state index in [1.165, 1.54) is 0 Å². The van der Waals surface area contributed by atoms with Gasteiger partial charge in [-0.05, 0) is 66.9 Å². The Morgan fingerprint density at radius 2 is 1.80 bits per heavy atom. The van der Waals surface area contributed by atoms with Gasteiger partial charge in [-0.25, -0.2) is 4.98 Å². The second kappa shape index (κ2) is 7.56. The highest BCUT2D eigenvalue weighted by Crippen LogP contribution is 2.68. The van der Waals surface area contributed by atoms with Gasteiger partial charge in [-0.2, -0.15) is 0 Å². The van der Waals surface area contributed by atoms with Crippen LogP contribution < -0.4 is 16.8 Å². The molecule has 0 radical (unpaired) electrons. The molecule has 9 heteroatoms. The lowest BCUT2D eigenvalue weighted by Gasteiger charge is -2.52. The highest BCUT2D eigenvalue weighted by molar-refractivity contribution is 6.33. The van der Waals surface area contributed by atoms with E-state index in [-0.39, 0.29) is 29.1 Å². The number of nitrogens with zero attached hydrogens (tertiary/aromatic N) is 2. The van der Waals surface area contributed by atoms with Crippen LogP contribution in [0.5, 0.6) is 0 Å². The van der Waals surface area contributed by atoms with E-state index in [4.69, 9.17) is 23.1 Å². The smallest absolute Gasteiger partial charge is 0.265 e. The Labute approximate surface area is 208 Å². The summed E-state index contributed by atoms with van der Waals surface area (Å²) in [5.41, 5.74) is 14.3. The molecule has 1 unspecified atom stereocenters. The van der Waals surface area contributed by atoms with Gasteiger partial charge < -0.3 is 21.4 Å². The van der Waals surface area contributed by atoms with Crippen molar-refractivity contribution in [1.29, 1.82) is 0 Å². The number of halogens is 1. The van der Waals surface area contributed by atoms with E-state index in [2.05, 4.69) is 24.1 Å². The van der Waals surface area contributed by atoms with Crippen molar-refractivity contribution in [3.05, 3.63) is 34.7 Å². The Balaban J connectivity index is 1.24. The summed E-state index contributed by atoms with van der Waals surface area (Å²) in [4.78, 5) is 41.4. The first kappa shape index (κ1) is 22.6. The van der Waals surface area contributed by atoms with Crippen LogP contribution in [0.3, 0.4) is 0 Å². The van der Waals surface area contributed by atoms with Crippen molar-refractivity contribution >= 4 is 35.1 Å². The number of aromatic nitrogens is 2. The third-order valence-corrected chi connectivity index (χ3v) is 9.32. The van der Waals surface area contributed by atoms with Crippen LogP contribution in [0.25, 0.3) is 11.1 Å². The second-order valence-corrected chi connectivity index (χ2v) is 12.1. The topological polar surface area (TPSA) is 133 Å². The average Bonchev–Trinajstić information content (AvgIpc) is 3.53. The summed E-state index contributed by atoms with van der Waals surface area (Å²) in [7, 11) is 0. The molecule has 4 aliphatic carbocycles. The Morgan fingerprint density at radius 3 is 2.46 bits per heavy atom. The molecule has 3 amide bonds. The number of anilines is 1. The largest absolute Gasteiger partial charge is 0.369 e. The second-order valence-electron chi connectivity index (χ2n) is 11.7. The summed E-state index contributed by atoms with van der Waals surface area (Å²) in [6.45, 7) is 5.01. The third kappa shape index (κ3) is 3.40.